The van der Waals surface area contributed by atoms with Crippen molar-refractivity contribution in [3.8, 4) is 11.3 Å². The Bertz CT molecular complexity index is 1410. The number of aliphatic hydroxyl groups excluding tert-OH is 1. The highest BCUT2D eigenvalue weighted by molar-refractivity contribution is 5.92. The molecule has 10 heteroatoms. The zero-order valence-electron chi connectivity index (χ0n) is 20.1. The molecule has 1 aliphatic rings. The van der Waals surface area contributed by atoms with Gasteiger partial charge in [-0.25, -0.2) is 9.50 Å². The van der Waals surface area contributed by atoms with Crippen LogP contribution in [0.1, 0.15) is 61.6 Å². The molecular weight excluding hydrogens is 471 g/mol. The minimum Gasteiger partial charge on any atom is -0.396 e. The standard InChI is InChI=1S/C26H28F3N5O2/c1-15(2)23-19-11-17(16-5-8-33(9-6-16)22(36)7-10-35)3-4-21(19)32-24(23)18-12-20(26(27,28)29)25-30-14-31-34(25)13-18/h3-4,11-16,32,35H,5-10H2,1-2H3. The Morgan fingerprint density at radius 1 is 1.22 bits per heavy atom. The second kappa shape index (κ2) is 9.24. The predicted molar refractivity (Wildman–Crippen MR) is 130 cm³/mol. The van der Waals surface area contributed by atoms with Gasteiger partial charge in [0.25, 0.3) is 0 Å². The Morgan fingerprint density at radius 2 is 1.97 bits per heavy atom. The van der Waals surface area contributed by atoms with Crippen LogP contribution in [-0.4, -0.2) is 55.2 Å². The van der Waals surface area contributed by atoms with Gasteiger partial charge in [-0.1, -0.05) is 19.9 Å². The van der Waals surface area contributed by atoms with E-state index in [2.05, 4.69) is 27.2 Å². The average molecular weight is 500 g/mol. The van der Waals surface area contributed by atoms with Crippen LogP contribution in [0.25, 0.3) is 27.8 Å². The molecule has 2 N–H and O–H groups in total. The monoisotopic (exact) mass is 499 g/mol. The normalized spacial score (nSPS) is 15.5. The molecule has 0 bridgehead atoms. The summed E-state index contributed by atoms with van der Waals surface area (Å²) >= 11 is 0. The van der Waals surface area contributed by atoms with Crippen LogP contribution in [0.2, 0.25) is 0 Å². The molecule has 36 heavy (non-hydrogen) atoms. The maximum absolute atomic E-state index is 13.8. The van der Waals surface area contributed by atoms with E-state index in [1.54, 1.807) is 11.1 Å². The van der Waals surface area contributed by atoms with Crippen molar-refractivity contribution < 1.29 is 23.1 Å². The number of halogens is 3. The first-order valence-corrected chi connectivity index (χ1v) is 12.1. The third-order valence-electron chi connectivity index (χ3n) is 7.05. The van der Waals surface area contributed by atoms with Crippen molar-refractivity contribution in [1.82, 2.24) is 24.5 Å². The molecule has 4 aromatic rings. The minimum atomic E-state index is -4.56. The lowest BCUT2D eigenvalue weighted by atomic mass is 9.87. The highest BCUT2D eigenvalue weighted by Crippen LogP contribution is 2.40. The van der Waals surface area contributed by atoms with Crippen LogP contribution in [-0.2, 0) is 11.0 Å². The number of hydrogen-bond donors (Lipinski definition) is 2. The summed E-state index contributed by atoms with van der Waals surface area (Å²) in [5.74, 6) is 0.323. The molecule has 0 spiro atoms. The molecule has 190 valence electrons. The van der Waals surface area contributed by atoms with Crippen molar-refractivity contribution in [2.24, 2.45) is 0 Å². The van der Waals surface area contributed by atoms with Gasteiger partial charge in [0.15, 0.2) is 5.65 Å². The lowest BCUT2D eigenvalue weighted by molar-refractivity contribution is -0.136. The Morgan fingerprint density at radius 3 is 2.64 bits per heavy atom. The quantitative estimate of drug-likeness (QED) is 0.400. The lowest BCUT2D eigenvalue weighted by Gasteiger charge is -2.32. The number of hydrogen-bond acceptors (Lipinski definition) is 4. The molecule has 5 rings (SSSR count). The van der Waals surface area contributed by atoms with Crippen molar-refractivity contribution in [2.75, 3.05) is 19.7 Å². The molecule has 1 aliphatic heterocycles. The molecule has 1 saturated heterocycles. The number of fused-ring (bicyclic) bond motifs is 2. The molecule has 1 aromatic carbocycles. The second-order valence-corrected chi connectivity index (χ2v) is 9.67. The van der Waals surface area contributed by atoms with Gasteiger partial charge in [-0.15, -0.1) is 0 Å². The molecule has 7 nitrogen and oxygen atoms in total. The molecule has 1 amide bonds. The number of aliphatic hydroxyl groups is 1. The number of pyridine rings is 1. The fraction of sp³-hybridized carbons (Fsp3) is 0.423. The molecule has 0 radical (unpaired) electrons. The molecule has 3 aromatic heterocycles. The first-order chi connectivity index (χ1) is 17.2. The highest BCUT2D eigenvalue weighted by atomic mass is 19.4. The van der Waals surface area contributed by atoms with Crippen molar-refractivity contribution in [3.63, 3.8) is 0 Å². The lowest BCUT2D eigenvalue weighted by Crippen LogP contribution is -2.38. The van der Waals surface area contributed by atoms with Crippen LogP contribution in [0, 0.1) is 0 Å². The van der Waals surface area contributed by atoms with Crippen LogP contribution < -0.4 is 0 Å². The summed E-state index contributed by atoms with van der Waals surface area (Å²) in [5.41, 5.74) is 2.97. The van der Waals surface area contributed by atoms with E-state index in [-0.39, 0.29) is 36.4 Å². The fourth-order valence-corrected chi connectivity index (χ4v) is 5.30. The number of aromatic nitrogens is 4. The molecule has 4 heterocycles. The Balaban J connectivity index is 1.54. The molecular formula is C26H28F3N5O2. The van der Waals surface area contributed by atoms with Gasteiger partial charge in [-0.05, 0) is 54.0 Å². The average Bonchev–Trinajstić information content (AvgIpc) is 3.47. The van der Waals surface area contributed by atoms with Gasteiger partial charge in [-0.3, -0.25) is 4.79 Å². The number of nitrogens with zero attached hydrogens (tertiary/aromatic N) is 4. The summed E-state index contributed by atoms with van der Waals surface area (Å²) in [6.45, 7) is 5.22. The number of amides is 1. The van der Waals surface area contributed by atoms with Crippen molar-refractivity contribution in [2.45, 2.75) is 51.1 Å². The van der Waals surface area contributed by atoms with Crippen LogP contribution in [0.3, 0.4) is 0 Å². The van der Waals surface area contributed by atoms with E-state index in [0.717, 1.165) is 47.3 Å². The number of aromatic amines is 1. The van der Waals surface area contributed by atoms with Crippen molar-refractivity contribution in [1.29, 1.82) is 0 Å². The fourth-order valence-electron chi connectivity index (χ4n) is 5.30. The molecule has 0 aliphatic carbocycles. The highest BCUT2D eigenvalue weighted by Gasteiger charge is 2.35. The van der Waals surface area contributed by atoms with E-state index < -0.39 is 11.7 Å². The maximum atomic E-state index is 13.8. The van der Waals surface area contributed by atoms with Gasteiger partial charge in [0, 0.05) is 42.2 Å². The summed E-state index contributed by atoms with van der Waals surface area (Å²) < 4.78 is 42.6. The summed E-state index contributed by atoms with van der Waals surface area (Å²) in [6, 6.07) is 7.33. The van der Waals surface area contributed by atoms with Gasteiger partial charge in [0.05, 0.1) is 12.3 Å². The van der Waals surface area contributed by atoms with E-state index in [1.165, 1.54) is 4.52 Å². The number of piperidine rings is 1. The van der Waals surface area contributed by atoms with Crippen LogP contribution in [0.15, 0.2) is 36.8 Å². The molecule has 0 unspecified atom stereocenters. The Hall–Kier alpha value is -3.40. The number of H-pyrrole nitrogens is 1. The third-order valence-corrected chi connectivity index (χ3v) is 7.05. The first-order valence-electron chi connectivity index (χ1n) is 12.1. The Labute approximate surface area is 205 Å². The van der Waals surface area contributed by atoms with E-state index in [0.29, 0.717) is 24.3 Å². The van der Waals surface area contributed by atoms with Crippen molar-refractivity contribution >= 4 is 22.5 Å². The van der Waals surface area contributed by atoms with Gasteiger partial charge in [-0.2, -0.15) is 18.3 Å². The number of alkyl halides is 3. The van der Waals surface area contributed by atoms with Crippen molar-refractivity contribution in [3.05, 3.63) is 53.5 Å². The topological polar surface area (TPSA) is 86.5 Å². The predicted octanol–water partition coefficient (Wildman–Crippen LogP) is 5.11. The number of carbonyl (C=O) groups is 1. The smallest absolute Gasteiger partial charge is 0.396 e. The minimum absolute atomic E-state index is 0.0219. The van der Waals surface area contributed by atoms with Gasteiger partial charge in [0.1, 0.15) is 11.9 Å². The number of rotatable bonds is 5. The summed E-state index contributed by atoms with van der Waals surface area (Å²) in [4.78, 5) is 21.1. The van der Waals surface area contributed by atoms with Crippen LogP contribution in [0.4, 0.5) is 13.2 Å². The van der Waals surface area contributed by atoms with Crippen LogP contribution >= 0.6 is 0 Å². The van der Waals surface area contributed by atoms with E-state index in [4.69, 9.17) is 5.11 Å². The number of nitrogens with one attached hydrogen (secondary N) is 1. The number of benzene rings is 1. The van der Waals surface area contributed by atoms with E-state index in [1.807, 2.05) is 19.9 Å². The SMILES string of the molecule is CC(C)c1c(-c2cc(C(F)(F)F)c3ncnn3c2)[nH]c2ccc(C3CCN(C(=O)CCO)CC3)cc12. The molecule has 0 saturated carbocycles. The second-order valence-electron chi connectivity index (χ2n) is 9.67. The number of carbonyl (C=O) groups excluding carboxylic acids is 1. The summed E-state index contributed by atoms with van der Waals surface area (Å²) in [5, 5.41) is 14.0. The molecule has 0 atom stereocenters. The number of likely N-dealkylation sites (tertiary alicyclic amines) is 1. The maximum Gasteiger partial charge on any atom is 0.420 e. The van der Waals surface area contributed by atoms with Crippen LogP contribution in [0.5, 0.6) is 0 Å². The zero-order valence-corrected chi connectivity index (χ0v) is 20.1. The summed E-state index contributed by atoms with van der Waals surface area (Å²) in [7, 11) is 0. The van der Waals surface area contributed by atoms with E-state index in [9.17, 15) is 18.0 Å². The van der Waals surface area contributed by atoms with Gasteiger partial charge >= 0.3 is 6.18 Å². The summed E-state index contributed by atoms with van der Waals surface area (Å²) in [6.07, 6.45) is -0.0539. The third kappa shape index (κ3) is 4.34. The van der Waals surface area contributed by atoms with Gasteiger partial charge in [0.2, 0.25) is 5.91 Å². The zero-order chi connectivity index (χ0) is 25.6. The van der Waals surface area contributed by atoms with E-state index >= 15 is 0 Å². The van der Waals surface area contributed by atoms with Gasteiger partial charge < -0.3 is 15.0 Å². The largest absolute Gasteiger partial charge is 0.420 e. The Kier molecular flexibility index (Phi) is 6.23. The first kappa shape index (κ1) is 24.3. The molecule has 1 fully saturated rings.